The van der Waals surface area contributed by atoms with E-state index >= 15 is 0 Å². The maximum atomic E-state index is 12.9. The quantitative estimate of drug-likeness (QED) is 0.390. The Kier molecular flexibility index (Phi) is 7.13. The minimum Gasteiger partial charge on any atom is -0.507 e. The molecule has 164 valence electrons. The molecule has 1 N–H and O–H groups in total. The Balaban J connectivity index is 2.08. The fourth-order valence-electron chi connectivity index (χ4n) is 3.74. The number of carbonyl (C=O) groups is 2. The van der Waals surface area contributed by atoms with Gasteiger partial charge in [0, 0.05) is 19.2 Å². The zero-order chi connectivity index (χ0) is 22.5. The normalized spacial score (nSPS) is 18.1. The van der Waals surface area contributed by atoms with E-state index in [1.165, 1.54) is 4.90 Å². The van der Waals surface area contributed by atoms with Crippen LogP contribution < -0.4 is 4.74 Å². The number of Topliss-reactive ketones (excluding diaryl/α,β-unsaturated/α-hetero) is 1. The van der Waals surface area contributed by atoms with Crippen LogP contribution in [0.1, 0.15) is 49.4 Å². The van der Waals surface area contributed by atoms with Crippen LogP contribution in [-0.4, -0.2) is 48.6 Å². The molecule has 1 aliphatic rings. The third-order valence-electron chi connectivity index (χ3n) is 5.43. The van der Waals surface area contributed by atoms with Crippen LogP contribution in [0.3, 0.4) is 0 Å². The van der Waals surface area contributed by atoms with E-state index in [1.807, 2.05) is 31.2 Å². The van der Waals surface area contributed by atoms with Gasteiger partial charge in [0.2, 0.25) is 0 Å². The standard InChI is InChI=1S/C25H29NO5/c1-5-31-20-12-10-19(11-13-20)23(27)21-22(18-8-6-17(7-9-18)16(2)3)26(14-15-30-4)25(29)24(21)28/h6-13,16,22,27H,5,14-15H2,1-4H3/b23-21-. The highest BCUT2D eigenvalue weighted by Crippen LogP contribution is 2.39. The molecule has 0 aliphatic carbocycles. The number of ether oxygens (including phenoxy) is 2. The van der Waals surface area contributed by atoms with Gasteiger partial charge < -0.3 is 19.5 Å². The van der Waals surface area contributed by atoms with Crippen molar-refractivity contribution in [3.8, 4) is 5.75 Å². The van der Waals surface area contributed by atoms with Crippen molar-refractivity contribution in [2.24, 2.45) is 0 Å². The summed E-state index contributed by atoms with van der Waals surface area (Å²) in [7, 11) is 1.54. The molecule has 1 amide bonds. The monoisotopic (exact) mass is 423 g/mol. The zero-order valence-corrected chi connectivity index (χ0v) is 18.4. The first-order valence-electron chi connectivity index (χ1n) is 10.5. The number of amides is 1. The van der Waals surface area contributed by atoms with Crippen LogP contribution in [0.2, 0.25) is 0 Å². The molecule has 3 rings (SSSR count). The molecule has 1 aliphatic heterocycles. The van der Waals surface area contributed by atoms with E-state index in [-0.39, 0.29) is 24.5 Å². The van der Waals surface area contributed by atoms with Gasteiger partial charge in [-0.15, -0.1) is 0 Å². The summed E-state index contributed by atoms with van der Waals surface area (Å²) in [5, 5.41) is 11.1. The van der Waals surface area contributed by atoms with Crippen LogP contribution in [0, 0.1) is 0 Å². The number of likely N-dealkylation sites (tertiary alicyclic amines) is 1. The van der Waals surface area contributed by atoms with E-state index < -0.39 is 17.7 Å². The largest absolute Gasteiger partial charge is 0.507 e. The van der Waals surface area contributed by atoms with Crippen molar-refractivity contribution in [1.29, 1.82) is 0 Å². The molecule has 0 bridgehead atoms. The fourth-order valence-corrected chi connectivity index (χ4v) is 3.74. The number of rotatable bonds is 8. The molecule has 0 radical (unpaired) electrons. The Morgan fingerprint density at radius 3 is 2.26 bits per heavy atom. The highest BCUT2D eigenvalue weighted by molar-refractivity contribution is 6.46. The number of hydrogen-bond acceptors (Lipinski definition) is 5. The van der Waals surface area contributed by atoms with Gasteiger partial charge in [0.25, 0.3) is 11.7 Å². The van der Waals surface area contributed by atoms with E-state index in [4.69, 9.17) is 9.47 Å². The van der Waals surface area contributed by atoms with Gasteiger partial charge in [-0.3, -0.25) is 9.59 Å². The van der Waals surface area contributed by atoms with Gasteiger partial charge >= 0.3 is 0 Å². The lowest BCUT2D eigenvalue weighted by Gasteiger charge is -2.25. The fraction of sp³-hybridized carbons (Fsp3) is 0.360. The van der Waals surface area contributed by atoms with Crippen LogP contribution in [0.4, 0.5) is 0 Å². The predicted octanol–water partition coefficient (Wildman–Crippen LogP) is 4.28. The van der Waals surface area contributed by atoms with E-state index in [1.54, 1.807) is 31.4 Å². The summed E-state index contributed by atoms with van der Waals surface area (Å²) < 4.78 is 10.6. The Morgan fingerprint density at radius 1 is 1.06 bits per heavy atom. The summed E-state index contributed by atoms with van der Waals surface area (Å²) in [4.78, 5) is 27.2. The molecule has 6 heteroatoms. The van der Waals surface area contributed by atoms with Gasteiger partial charge in [0.15, 0.2) is 0 Å². The Morgan fingerprint density at radius 2 is 1.71 bits per heavy atom. The van der Waals surface area contributed by atoms with Crippen LogP contribution in [0.25, 0.3) is 5.76 Å². The molecular weight excluding hydrogens is 394 g/mol. The van der Waals surface area contributed by atoms with Crippen molar-refractivity contribution in [2.75, 3.05) is 26.9 Å². The highest BCUT2D eigenvalue weighted by atomic mass is 16.5. The SMILES string of the molecule is CCOc1ccc(/C(O)=C2/C(=O)C(=O)N(CCOC)C2c2ccc(C(C)C)cc2)cc1. The highest BCUT2D eigenvalue weighted by Gasteiger charge is 2.45. The first kappa shape index (κ1) is 22.6. The zero-order valence-electron chi connectivity index (χ0n) is 18.4. The summed E-state index contributed by atoms with van der Waals surface area (Å²) in [6, 6.07) is 14.0. The van der Waals surface area contributed by atoms with Crippen molar-refractivity contribution >= 4 is 17.4 Å². The maximum Gasteiger partial charge on any atom is 0.295 e. The number of aliphatic hydroxyl groups is 1. The van der Waals surface area contributed by atoms with Crippen molar-refractivity contribution in [1.82, 2.24) is 4.90 Å². The van der Waals surface area contributed by atoms with Crippen molar-refractivity contribution in [3.05, 3.63) is 70.8 Å². The van der Waals surface area contributed by atoms with E-state index in [0.29, 0.717) is 23.8 Å². The number of methoxy groups -OCH3 is 1. The smallest absolute Gasteiger partial charge is 0.295 e. The molecule has 31 heavy (non-hydrogen) atoms. The summed E-state index contributed by atoms with van der Waals surface area (Å²) >= 11 is 0. The van der Waals surface area contributed by atoms with Gasteiger partial charge in [-0.05, 0) is 48.2 Å². The molecule has 1 atom stereocenters. The van der Waals surface area contributed by atoms with Crippen LogP contribution in [0.15, 0.2) is 54.1 Å². The lowest BCUT2D eigenvalue weighted by molar-refractivity contribution is -0.140. The lowest BCUT2D eigenvalue weighted by Crippen LogP contribution is -2.32. The second kappa shape index (κ2) is 9.79. The number of ketones is 1. The molecule has 0 aromatic heterocycles. The van der Waals surface area contributed by atoms with Crippen molar-refractivity contribution in [3.63, 3.8) is 0 Å². The van der Waals surface area contributed by atoms with Gasteiger partial charge in [-0.2, -0.15) is 0 Å². The van der Waals surface area contributed by atoms with Gasteiger partial charge in [-0.1, -0.05) is 38.1 Å². The molecule has 0 saturated carbocycles. The van der Waals surface area contributed by atoms with Crippen molar-refractivity contribution < 1.29 is 24.2 Å². The van der Waals surface area contributed by atoms with Crippen molar-refractivity contribution in [2.45, 2.75) is 32.7 Å². The topological polar surface area (TPSA) is 76.1 Å². The third-order valence-corrected chi connectivity index (χ3v) is 5.43. The molecule has 2 aromatic rings. The minimum atomic E-state index is -0.694. The lowest BCUT2D eigenvalue weighted by atomic mass is 9.93. The Labute approximate surface area is 183 Å². The van der Waals surface area contributed by atoms with Crippen LogP contribution in [-0.2, 0) is 14.3 Å². The molecule has 1 fully saturated rings. The first-order chi connectivity index (χ1) is 14.9. The number of nitrogens with zero attached hydrogens (tertiary/aromatic N) is 1. The Bertz CT molecular complexity index is 960. The number of carbonyl (C=O) groups excluding carboxylic acids is 2. The molecule has 0 spiro atoms. The molecule has 1 saturated heterocycles. The van der Waals surface area contributed by atoms with Gasteiger partial charge in [0.1, 0.15) is 11.5 Å². The van der Waals surface area contributed by atoms with Gasteiger partial charge in [-0.25, -0.2) is 0 Å². The number of hydrogen-bond donors (Lipinski definition) is 1. The summed E-state index contributed by atoms with van der Waals surface area (Å²) in [5.41, 5.74) is 2.47. The molecular formula is C25H29NO5. The Hall–Kier alpha value is -3.12. The third kappa shape index (κ3) is 4.64. The van der Waals surface area contributed by atoms with E-state index in [2.05, 4.69) is 13.8 Å². The van der Waals surface area contributed by atoms with Crippen LogP contribution in [0.5, 0.6) is 5.75 Å². The van der Waals surface area contributed by atoms with E-state index in [9.17, 15) is 14.7 Å². The molecule has 1 unspecified atom stereocenters. The summed E-state index contributed by atoms with van der Waals surface area (Å²) in [6.45, 7) is 7.16. The summed E-state index contributed by atoms with van der Waals surface area (Å²) in [6.07, 6.45) is 0. The van der Waals surface area contributed by atoms with Crippen LogP contribution >= 0.6 is 0 Å². The molecule has 6 nitrogen and oxygen atoms in total. The maximum absolute atomic E-state index is 12.9. The summed E-state index contributed by atoms with van der Waals surface area (Å²) in [5.74, 6) is -0.500. The predicted molar refractivity (Wildman–Crippen MR) is 119 cm³/mol. The average molecular weight is 424 g/mol. The first-order valence-corrected chi connectivity index (χ1v) is 10.5. The second-order valence-corrected chi connectivity index (χ2v) is 7.76. The molecule has 1 heterocycles. The molecule has 2 aromatic carbocycles. The van der Waals surface area contributed by atoms with Gasteiger partial charge in [0.05, 0.1) is 24.8 Å². The number of benzene rings is 2. The minimum absolute atomic E-state index is 0.0857. The van der Waals surface area contributed by atoms with E-state index in [0.717, 1.165) is 11.1 Å². The average Bonchev–Trinajstić information content (AvgIpc) is 3.02. The second-order valence-electron chi connectivity index (χ2n) is 7.76. The number of aliphatic hydroxyl groups excluding tert-OH is 1.